The molecule has 148 valence electrons. The quantitative estimate of drug-likeness (QED) is 0.868. The van der Waals surface area contributed by atoms with Crippen LogP contribution in [0.3, 0.4) is 0 Å². The molecule has 0 bridgehead atoms. The minimum Gasteiger partial charge on any atom is -0.378 e. The highest BCUT2D eigenvalue weighted by atomic mass is 19.4. The number of anilines is 2. The highest BCUT2D eigenvalue weighted by Gasteiger charge is 2.42. The molecule has 5 nitrogen and oxygen atoms in total. The van der Waals surface area contributed by atoms with Crippen molar-refractivity contribution < 1.29 is 22.7 Å². The molecule has 1 aromatic carbocycles. The maximum Gasteiger partial charge on any atom is 0.416 e. The largest absolute Gasteiger partial charge is 0.416 e. The number of amides is 1. The Bertz CT molecular complexity index is 704. The number of fused-ring (bicyclic) bond motifs is 1. The van der Waals surface area contributed by atoms with Crippen LogP contribution < -0.4 is 10.2 Å². The smallest absolute Gasteiger partial charge is 0.378 e. The van der Waals surface area contributed by atoms with Crippen molar-refractivity contribution in [1.82, 2.24) is 4.90 Å². The summed E-state index contributed by atoms with van der Waals surface area (Å²) in [6.45, 7) is 3.36. The van der Waals surface area contributed by atoms with Crippen molar-refractivity contribution in [2.24, 2.45) is 5.92 Å². The van der Waals surface area contributed by atoms with Crippen LogP contribution in [-0.4, -0.2) is 56.2 Å². The Morgan fingerprint density at radius 2 is 2.00 bits per heavy atom. The van der Waals surface area contributed by atoms with E-state index in [1.54, 1.807) is 0 Å². The van der Waals surface area contributed by atoms with Gasteiger partial charge < -0.3 is 15.0 Å². The first-order valence-electron chi connectivity index (χ1n) is 9.49. The number of ether oxygens (including phenoxy) is 1. The van der Waals surface area contributed by atoms with Crippen molar-refractivity contribution in [3.8, 4) is 0 Å². The van der Waals surface area contributed by atoms with E-state index in [4.69, 9.17) is 4.74 Å². The van der Waals surface area contributed by atoms with Crippen LogP contribution in [0.1, 0.15) is 24.8 Å². The first-order valence-corrected chi connectivity index (χ1v) is 9.49. The van der Waals surface area contributed by atoms with Crippen molar-refractivity contribution in [3.63, 3.8) is 0 Å². The fourth-order valence-corrected chi connectivity index (χ4v) is 4.46. The maximum atomic E-state index is 13.1. The van der Waals surface area contributed by atoms with E-state index in [2.05, 4.69) is 10.2 Å². The Labute approximate surface area is 156 Å². The third-order valence-corrected chi connectivity index (χ3v) is 5.85. The Morgan fingerprint density at radius 3 is 2.70 bits per heavy atom. The normalized spacial score (nSPS) is 25.8. The van der Waals surface area contributed by atoms with Crippen LogP contribution in [0.15, 0.2) is 18.2 Å². The van der Waals surface area contributed by atoms with Crippen LogP contribution in [0.5, 0.6) is 0 Å². The van der Waals surface area contributed by atoms with Gasteiger partial charge in [-0.15, -0.1) is 0 Å². The highest BCUT2D eigenvalue weighted by molar-refractivity contribution is 5.96. The van der Waals surface area contributed by atoms with Gasteiger partial charge in [-0.3, -0.25) is 9.69 Å². The average Bonchev–Trinajstić information content (AvgIpc) is 3.00. The first kappa shape index (κ1) is 18.6. The molecule has 2 saturated heterocycles. The van der Waals surface area contributed by atoms with E-state index >= 15 is 0 Å². The molecule has 3 aliphatic rings. The van der Waals surface area contributed by atoms with Crippen LogP contribution in [-0.2, 0) is 15.7 Å². The molecular weight excluding hydrogens is 359 g/mol. The van der Waals surface area contributed by atoms with E-state index in [0.29, 0.717) is 44.0 Å². The average molecular weight is 383 g/mol. The number of nitrogens with zero attached hydrogens (tertiary/aromatic N) is 2. The summed E-state index contributed by atoms with van der Waals surface area (Å²) in [6, 6.07) is 4.02. The SMILES string of the molecule is O=C(CN1C[C@@H]2CCC[C@@H]21)Nc1cc(C(F)(F)F)ccc1N1CCOCC1. The Morgan fingerprint density at radius 1 is 1.22 bits per heavy atom. The second-order valence-corrected chi connectivity index (χ2v) is 7.57. The molecule has 0 unspecified atom stereocenters. The van der Waals surface area contributed by atoms with Crippen LogP contribution in [0.4, 0.5) is 24.5 Å². The van der Waals surface area contributed by atoms with Crippen molar-refractivity contribution in [3.05, 3.63) is 23.8 Å². The van der Waals surface area contributed by atoms with Gasteiger partial charge in [0.15, 0.2) is 0 Å². The van der Waals surface area contributed by atoms with Gasteiger partial charge in [-0.05, 0) is 37.0 Å². The number of alkyl halides is 3. The minimum absolute atomic E-state index is 0.222. The topological polar surface area (TPSA) is 44.8 Å². The second-order valence-electron chi connectivity index (χ2n) is 7.57. The van der Waals surface area contributed by atoms with Gasteiger partial charge >= 0.3 is 6.18 Å². The molecule has 1 aliphatic carbocycles. The number of morpholine rings is 1. The predicted octanol–water partition coefficient (Wildman–Crippen LogP) is 2.96. The summed E-state index contributed by atoms with van der Waals surface area (Å²) < 4.78 is 44.8. The summed E-state index contributed by atoms with van der Waals surface area (Å²) in [4.78, 5) is 16.6. The number of carbonyl (C=O) groups is 1. The van der Waals surface area contributed by atoms with Gasteiger partial charge in [0.1, 0.15) is 0 Å². The van der Waals surface area contributed by atoms with Crippen molar-refractivity contribution in [2.45, 2.75) is 31.5 Å². The summed E-state index contributed by atoms with van der Waals surface area (Å²) >= 11 is 0. The zero-order valence-corrected chi connectivity index (χ0v) is 15.1. The molecule has 3 fully saturated rings. The Balaban J connectivity index is 1.50. The van der Waals surface area contributed by atoms with Gasteiger partial charge in [-0.1, -0.05) is 6.42 Å². The summed E-state index contributed by atoms with van der Waals surface area (Å²) in [5, 5.41) is 2.74. The molecule has 1 saturated carbocycles. The number of carbonyl (C=O) groups excluding carboxylic acids is 1. The van der Waals surface area contributed by atoms with E-state index in [1.807, 2.05) is 4.90 Å². The summed E-state index contributed by atoms with van der Waals surface area (Å²) in [5.41, 5.74) is 0.0804. The third-order valence-electron chi connectivity index (χ3n) is 5.85. The molecule has 2 atom stereocenters. The van der Waals surface area contributed by atoms with E-state index in [1.165, 1.54) is 18.9 Å². The van der Waals surface area contributed by atoms with E-state index < -0.39 is 11.7 Å². The number of halogens is 3. The zero-order valence-electron chi connectivity index (χ0n) is 15.1. The van der Waals surface area contributed by atoms with Crippen LogP contribution >= 0.6 is 0 Å². The third kappa shape index (κ3) is 3.91. The predicted molar refractivity (Wildman–Crippen MR) is 95.8 cm³/mol. The molecule has 0 radical (unpaired) electrons. The Hall–Kier alpha value is -1.80. The maximum absolute atomic E-state index is 13.1. The number of likely N-dealkylation sites (tertiary alicyclic amines) is 1. The lowest BCUT2D eigenvalue weighted by Gasteiger charge is -2.44. The molecule has 0 spiro atoms. The van der Waals surface area contributed by atoms with E-state index in [0.717, 1.165) is 25.1 Å². The number of rotatable bonds is 4. The number of hydrogen-bond donors (Lipinski definition) is 1. The summed E-state index contributed by atoms with van der Waals surface area (Å²) in [6.07, 6.45) is -0.919. The second kappa shape index (κ2) is 7.31. The van der Waals surface area contributed by atoms with Crippen molar-refractivity contribution in [1.29, 1.82) is 0 Å². The van der Waals surface area contributed by atoms with Crippen LogP contribution in [0, 0.1) is 5.92 Å². The van der Waals surface area contributed by atoms with E-state index in [9.17, 15) is 18.0 Å². The molecule has 2 heterocycles. The summed E-state index contributed by atoms with van der Waals surface area (Å²) in [7, 11) is 0. The molecule has 1 aromatic rings. The molecule has 8 heteroatoms. The van der Waals surface area contributed by atoms with Crippen molar-refractivity contribution in [2.75, 3.05) is 49.6 Å². The van der Waals surface area contributed by atoms with Gasteiger partial charge in [0.05, 0.1) is 36.7 Å². The molecular formula is C19H24F3N3O2. The minimum atomic E-state index is -4.45. The molecule has 1 amide bonds. The van der Waals surface area contributed by atoms with Gasteiger partial charge in [0, 0.05) is 25.7 Å². The number of hydrogen-bond acceptors (Lipinski definition) is 4. The standard InChI is InChI=1S/C19H24F3N3O2/c20-19(21,22)14-4-5-17(24-6-8-27-9-7-24)15(10-14)23-18(26)12-25-11-13-2-1-3-16(13)25/h4-5,10,13,16H,1-3,6-9,11-12H2,(H,23,26)/t13-,16-/m0/s1. The Kier molecular flexibility index (Phi) is 5.03. The fourth-order valence-electron chi connectivity index (χ4n) is 4.46. The van der Waals surface area contributed by atoms with Gasteiger partial charge in [0.2, 0.25) is 5.91 Å². The number of benzene rings is 1. The lowest BCUT2D eigenvalue weighted by Crippen LogP contribution is -2.55. The number of nitrogens with one attached hydrogen (secondary N) is 1. The zero-order chi connectivity index (χ0) is 19.0. The molecule has 2 aliphatic heterocycles. The van der Waals surface area contributed by atoms with Gasteiger partial charge in [0.25, 0.3) is 0 Å². The van der Waals surface area contributed by atoms with Gasteiger partial charge in [-0.25, -0.2) is 0 Å². The van der Waals surface area contributed by atoms with Gasteiger partial charge in [-0.2, -0.15) is 13.2 Å². The summed E-state index contributed by atoms with van der Waals surface area (Å²) in [5.74, 6) is 0.435. The van der Waals surface area contributed by atoms with Crippen molar-refractivity contribution >= 4 is 17.3 Å². The lowest BCUT2D eigenvalue weighted by atomic mass is 9.92. The van der Waals surface area contributed by atoms with E-state index in [-0.39, 0.29) is 18.1 Å². The molecule has 4 rings (SSSR count). The van der Waals surface area contributed by atoms with Crippen LogP contribution in [0.2, 0.25) is 0 Å². The molecule has 27 heavy (non-hydrogen) atoms. The molecule has 0 aromatic heterocycles. The lowest BCUT2D eigenvalue weighted by molar-refractivity contribution is -0.137. The monoisotopic (exact) mass is 383 g/mol. The van der Waals surface area contributed by atoms with Crippen LogP contribution in [0.25, 0.3) is 0 Å². The highest BCUT2D eigenvalue weighted by Crippen LogP contribution is 2.39. The fraction of sp³-hybridized carbons (Fsp3) is 0.632. The first-order chi connectivity index (χ1) is 12.9. The molecule has 1 N–H and O–H groups in total.